The molecule has 23 heavy (non-hydrogen) atoms. The summed E-state index contributed by atoms with van der Waals surface area (Å²) >= 11 is 1.34. The molecule has 1 aromatic heterocycles. The highest BCUT2D eigenvalue weighted by Crippen LogP contribution is 2.33. The molecule has 1 aliphatic rings. The van der Waals surface area contributed by atoms with Gasteiger partial charge in [-0.05, 0) is 49.4 Å². The summed E-state index contributed by atoms with van der Waals surface area (Å²) in [6, 6.07) is 9.77. The van der Waals surface area contributed by atoms with Crippen molar-refractivity contribution in [3.63, 3.8) is 0 Å². The van der Waals surface area contributed by atoms with E-state index in [-0.39, 0.29) is 11.9 Å². The average molecular weight is 328 g/mol. The van der Waals surface area contributed by atoms with Gasteiger partial charge in [-0.3, -0.25) is 9.52 Å². The van der Waals surface area contributed by atoms with Gasteiger partial charge in [0.2, 0.25) is 11.9 Å². The standard InChI is InChI=1S/C17H20N4OS/c1-11-9-15(20-17(18)19-11)13-3-2-4-14(10-13)23-21-16(22)8-7-12-5-6-12/h2-4,9-10,12H,5-8H2,1H3,(H,21,22)(H2,18,19,20). The van der Waals surface area contributed by atoms with Gasteiger partial charge in [0.1, 0.15) is 0 Å². The van der Waals surface area contributed by atoms with Crippen molar-refractivity contribution in [3.05, 3.63) is 36.0 Å². The number of nitrogens with two attached hydrogens (primary N) is 1. The van der Waals surface area contributed by atoms with Crippen molar-refractivity contribution in [2.75, 3.05) is 5.73 Å². The highest BCUT2D eigenvalue weighted by Gasteiger charge is 2.21. The Balaban J connectivity index is 1.63. The van der Waals surface area contributed by atoms with Gasteiger partial charge in [0.05, 0.1) is 5.69 Å². The Morgan fingerprint density at radius 1 is 1.35 bits per heavy atom. The summed E-state index contributed by atoms with van der Waals surface area (Å²) in [6.45, 7) is 1.89. The van der Waals surface area contributed by atoms with Crippen LogP contribution in [-0.2, 0) is 4.79 Å². The number of carbonyl (C=O) groups excluding carboxylic acids is 1. The molecule has 3 N–H and O–H groups in total. The van der Waals surface area contributed by atoms with Crippen LogP contribution in [0.15, 0.2) is 35.2 Å². The Morgan fingerprint density at radius 3 is 2.91 bits per heavy atom. The number of amides is 1. The second-order valence-electron chi connectivity index (χ2n) is 5.89. The Kier molecular flexibility index (Phi) is 4.81. The van der Waals surface area contributed by atoms with Gasteiger partial charge < -0.3 is 5.73 Å². The van der Waals surface area contributed by atoms with Crippen molar-refractivity contribution in [2.24, 2.45) is 5.92 Å². The molecule has 1 saturated carbocycles. The molecule has 1 aliphatic carbocycles. The Bertz CT molecular complexity index is 695. The van der Waals surface area contributed by atoms with E-state index in [1.165, 1.54) is 24.8 Å². The molecule has 0 bridgehead atoms. The number of nitrogens with one attached hydrogen (secondary N) is 1. The molecule has 2 aromatic rings. The molecule has 0 atom stereocenters. The summed E-state index contributed by atoms with van der Waals surface area (Å²) in [5.74, 6) is 1.14. The quantitative estimate of drug-likeness (QED) is 0.795. The van der Waals surface area contributed by atoms with E-state index in [4.69, 9.17) is 5.73 Å². The minimum absolute atomic E-state index is 0.0921. The molecule has 3 rings (SSSR count). The van der Waals surface area contributed by atoms with Crippen molar-refractivity contribution in [2.45, 2.75) is 37.5 Å². The zero-order valence-electron chi connectivity index (χ0n) is 13.1. The van der Waals surface area contributed by atoms with Crippen LogP contribution in [0.1, 0.15) is 31.4 Å². The molecule has 1 heterocycles. The van der Waals surface area contributed by atoms with Crippen LogP contribution in [0, 0.1) is 12.8 Å². The predicted octanol–water partition coefficient (Wildman–Crippen LogP) is 3.35. The van der Waals surface area contributed by atoms with Crippen LogP contribution >= 0.6 is 11.9 Å². The van der Waals surface area contributed by atoms with Crippen LogP contribution < -0.4 is 10.5 Å². The molecule has 1 amide bonds. The fourth-order valence-corrected chi connectivity index (χ4v) is 3.03. The normalized spacial score (nSPS) is 13.8. The molecule has 6 heteroatoms. The zero-order chi connectivity index (χ0) is 16.2. The van der Waals surface area contributed by atoms with Gasteiger partial charge in [0.15, 0.2) is 0 Å². The predicted molar refractivity (Wildman–Crippen MR) is 92.6 cm³/mol. The summed E-state index contributed by atoms with van der Waals surface area (Å²) in [4.78, 5) is 21.1. The second kappa shape index (κ2) is 7.00. The van der Waals surface area contributed by atoms with E-state index in [9.17, 15) is 4.79 Å². The van der Waals surface area contributed by atoms with Crippen LogP contribution in [0.3, 0.4) is 0 Å². The van der Waals surface area contributed by atoms with Gasteiger partial charge >= 0.3 is 0 Å². The van der Waals surface area contributed by atoms with Crippen LogP contribution in [0.4, 0.5) is 5.95 Å². The smallest absolute Gasteiger partial charge is 0.230 e. The summed E-state index contributed by atoms with van der Waals surface area (Å²) < 4.78 is 2.90. The number of carbonyl (C=O) groups is 1. The maximum Gasteiger partial charge on any atom is 0.230 e. The van der Waals surface area contributed by atoms with E-state index in [0.717, 1.165) is 34.2 Å². The number of benzene rings is 1. The molecule has 120 valence electrons. The Hall–Kier alpha value is -2.08. The summed E-state index contributed by atoms with van der Waals surface area (Å²) in [7, 11) is 0. The molecule has 0 radical (unpaired) electrons. The average Bonchev–Trinajstić information content (AvgIpc) is 3.34. The molecule has 0 spiro atoms. The molecule has 0 unspecified atom stereocenters. The third-order valence-electron chi connectivity index (χ3n) is 3.76. The highest BCUT2D eigenvalue weighted by atomic mass is 32.2. The van der Waals surface area contributed by atoms with E-state index in [2.05, 4.69) is 14.7 Å². The first-order valence-electron chi connectivity index (χ1n) is 7.77. The topological polar surface area (TPSA) is 80.9 Å². The molecular weight excluding hydrogens is 308 g/mol. The summed E-state index contributed by atoms with van der Waals surface area (Å²) in [5.41, 5.74) is 8.29. The van der Waals surface area contributed by atoms with Gasteiger partial charge in [-0.2, -0.15) is 0 Å². The summed E-state index contributed by atoms with van der Waals surface area (Å²) in [6.07, 6.45) is 4.18. The monoisotopic (exact) mass is 328 g/mol. The molecule has 5 nitrogen and oxygen atoms in total. The Labute approximate surface area is 140 Å². The first-order valence-corrected chi connectivity index (χ1v) is 8.59. The molecule has 1 fully saturated rings. The lowest BCUT2D eigenvalue weighted by Crippen LogP contribution is -2.15. The highest BCUT2D eigenvalue weighted by molar-refractivity contribution is 7.98. The van der Waals surface area contributed by atoms with E-state index >= 15 is 0 Å². The van der Waals surface area contributed by atoms with Crippen LogP contribution in [0.2, 0.25) is 0 Å². The van der Waals surface area contributed by atoms with Crippen molar-refractivity contribution in [3.8, 4) is 11.3 Å². The third kappa shape index (κ3) is 4.69. The van der Waals surface area contributed by atoms with E-state index in [1.54, 1.807) is 0 Å². The number of nitrogens with zero attached hydrogens (tertiary/aromatic N) is 2. The van der Waals surface area contributed by atoms with Crippen LogP contribution in [0.25, 0.3) is 11.3 Å². The van der Waals surface area contributed by atoms with Gasteiger partial charge in [-0.25, -0.2) is 9.97 Å². The molecular formula is C17H20N4OS. The lowest BCUT2D eigenvalue weighted by Gasteiger charge is -2.07. The lowest BCUT2D eigenvalue weighted by molar-refractivity contribution is -0.119. The van der Waals surface area contributed by atoms with Crippen molar-refractivity contribution < 1.29 is 4.79 Å². The maximum atomic E-state index is 11.8. The van der Waals surface area contributed by atoms with Gasteiger partial charge in [-0.15, -0.1) is 0 Å². The molecule has 1 aromatic carbocycles. The number of hydrogen-bond donors (Lipinski definition) is 2. The second-order valence-corrected chi connectivity index (χ2v) is 6.77. The first kappa shape index (κ1) is 15.8. The first-order chi connectivity index (χ1) is 11.1. The van der Waals surface area contributed by atoms with Gasteiger partial charge in [-0.1, -0.05) is 25.0 Å². The number of rotatable bonds is 6. The number of aromatic nitrogens is 2. The largest absolute Gasteiger partial charge is 0.368 e. The number of hydrogen-bond acceptors (Lipinski definition) is 5. The van der Waals surface area contributed by atoms with E-state index in [1.807, 2.05) is 37.3 Å². The number of nitrogen functional groups attached to an aromatic ring is 1. The van der Waals surface area contributed by atoms with E-state index < -0.39 is 0 Å². The molecule has 0 saturated heterocycles. The van der Waals surface area contributed by atoms with Gasteiger partial charge in [0, 0.05) is 22.6 Å². The fraction of sp³-hybridized carbons (Fsp3) is 0.353. The van der Waals surface area contributed by atoms with Crippen LogP contribution in [-0.4, -0.2) is 15.9 Å². The zero-order valence-corrected chi connectivity index (χ0v) is 13.9. The molecule has 0 aliphatic heterocycles. The van der Waals surface area contributed by atoms with E-state index in [0.29, 0.717) is 6.42 Å². The SMILES string of the molecule is Cc1cc(-c2cccc(SNC(=O)CCC3CC3)c2)nc(N)n1. The third-order valence-corrected chi connectivity index (χ3v) is 4.58. The van der Waals surface area contributed by atoms with Crippen molar-refractivity contribution in [1.82, 2.24) is 14.7 Å². The van der Waals surface area contributed by atoms with Crippen molar-refractivity contribution in [1.29, 1.82) is 0 Å². The van der Waals surface area contributed by atoms with Gasteiger partial charge in [0.25, 0.3) is 0 Å². The summed E-state index contributed by atoms with van der Waals surface area (Å²) in [5, 5.41) is 0. The van der Waals surface area contributed by atoms with Crippen LogP contribution in [0.5, 0.6) is 0 Å². The fourth-order valence-electron chi connectivity index (χ4n) is 2.37. The number of aryl methyl sites for hydroxylation is 1. The van der Waals surface area contributed by atoms with Crippen molar-refractivity contribution >= 4 is 23.8 Å². The maximum absolute atomic E-state index is 11.8. The Morgan fingerprint density at radius 2 is 2.17 bits per heavy atom. The lowest BCUT2D eigenvalue weighted by atomic mass is 10.1. The minimum Gasteiger partial charge on any atom is -0.368 e. The number of anilines is 1. The minimum atomic E-state index is 0.0921.